The van der Waals surface area contributed by atoms with Crippen LogP contribution < -0.4 is 10.6 Å². The third-order valence-electron chi connectivity index (χ3n) is 3.34. The summed E-state index contributed by atoms with van der Waals surface area (Å²) < 4.78 is 1.82. The molecule has 1 heterocycles. The van der Waals surface area contributed by atoms with Gasteiger partial charge in [0.15, 0.2) is 5.96 Å². The third-order valence-corrected chi connectivity index (χ3v) is 3.34. The molecule has 5 nitrogen and oxygen atoms in total. The Labute approximate surface area is 149 Å². The van der Waals surface area contributed by atoms with Crippen molar-refractivity contribution in [2.75, 3.05) is 13.6 Å². The summed E-state index contributed by atoms with van der Waals surface area (Å²) in [6, 6.07) is 10.6. The minimum absolute atomic E-state index is 0. The van der Waals surface area contributed by atoms with Crippen LogP contribution in [0.5, 0.6) is 0 Å². The summed E-state index contributed by atoms with van der Waals surface area (Å²) in [7, 11) is 3.72. The molecule has 0 aliphatic carbocycles. The average molecular weight is 413 g/mol. The molecule has 0 saturated heterocycles. The Morgan fingerprint density at radius 1 is 1.32 bits per heavy atom. The highest BCUT2D eigenvalue weighted by molar-refractivity contribution is 14.0. The maximum atomic E-state index is 4.26. The molecule has 1 aromatic heterocycles. The highest BCUT2D eigenvalue weighted by Gasteiger charge is 2.06. The van der Waals surface area contributed by atoms with Gasteiger partial charge in [-0.15, -0.1) is 24.0 Å². The van der Waals surface area contributed by atoms with E-state index in [1.807, 2.05) is 42.3 Å². The van der Waals surface area contributed by atoms with Gasteiger partial charge in [0.25, 0.3) is 0 Å². The van der Waals surface area contributed by atoms with E-state index in [-0.39, 0.29) is 30.0 Å². The van der Waals surface area contributed by atoms with Gasteiger partial charge in [-0.05, 0) is 24.5 Å². The molecule has 2 rings (SSSR count). The topological polar surface area (TPSA) is 54.2 Å². The molecule has 120 valence electrons. The van der Waals surface area contributed by atoms with E-state index in [9.17, 15) is 0 Å². The summed E-state index contributed by atoms with van der Waals surface area (Å²) in [5.74, 6) is 0.815. The van der Waals surface area contributed by atoms with Crippen molar-refractivity contribution >= 4 is 29.9 Å². The number of aromatic nitrogens is 2. The Bertz CT molecular complexity index is 579. The maximum absolute atomic E-state index is 4.26. The lowest BCUT2D eigenvalue weighted by Gasteiger charge is -2.18. The largest absolute Gasteiger partial charge is 0.356 e. The van der Waals surface area contributed by atoms with E-state index in [1.54, 1.807) is 7.05 Å². The molecule has 22 heavy (non-hydrogen) atoms. The van der Waals surface area contributed by atoms with Crippen molar-refractivity contribution < 1.29 is 0 Å². The molecule has 0 bridgehead atoms. The first-order valence-corrected chi connectivity index (χ1v) is 7.18. The number of nitrogens with zero attached hydrogens (tertiary/aromatic N) is 3. The number of aliphatic imine (C=N–C) groups is 1. The lowest BCUT2D eigenvalue weighted by molar-refractivity contribution is 0.684. The van der Waals surface area contributed by atoms with Gasteiger partial charge >= 0.3 is 0 Å². The number of aryl methyl sites for hydroxylation is 1. The zero-order valence-corrected chi connectivity index (χ0v) is 15.6. The van der Waals surface area contributed by atoms with Crippen LogP contribution >= 0.6 is 24.0 Å². The second-order valence-electron chi connectivity index (χ2n) is 5.05. The highest BCUT2D eigenvalue weighted by atomic mass is 127. The molecule has 0 aliphatic rings. The van der Waals surface area contributed by atoms with Gasteiger partial charge in [-0.3, -0.25) is 9.67 Å². The fourth-order valence-corrected chi connectivity index (χ4v) is 2.15. The number of rotatable bonds is 5. The fourth-order valence-electron chi connectivity index (χ4n) is 2.15. The molecular formula is C16H24IN5. The van der Waals surface area contributed by atoms with E-state index in [4.69, 9.17) is 0 Å². The minimum Gasteiger partial charge on any atom is -0.356 e. The summed E-state index contributed by atoms with van der Waals surface area (Å²) in [5, 5.41) is 10.9. The molecule has 6 heteroatoms. The van der Waals surface area contributed by atoms with Crippen LogP contribution in [-0.2, 0) is 13.5 Å². The molecule has 0 aliphatic heterocycles. The molecule has 0 amide bonds. The summed E-state index contributed by atoms with van der Waals surface area (Å²) in [4.78, 5) is 4.26. The Morgan fingerprint density at radius 3 is 2.64 bits per heavy atom. The molecule has 2 N–H and O–H groups in total. The normalized spacial score (nSPS) is 12.4. The van der Waals surface area contributed by atoms with Crippen molar-refractivity contribution in [1.82, 2.24) is 20.4 Å². The molecule has 1 atom stereocenters. The molecule has 1 aromatic carbocycles. The van der Waals surface area contributed by atoms with Gasteiger partial charge < -0.3 is 10.6 Å². The number of guanidine groups is 1. The lowest BCUT2D eigenvalue weighted by Crippen LogP contribution is -2.39. The monoisotopic (exact) mass is 413 g/mol. The van der Waals surface area contributed by atoms with Gasteiger partial charge in [-0.2, -0.15) is 5.10 Å². The summed E-state index contributed by atoms with van der Waals surface area (Å²) in [6.45, 7) is 2.95. The number of hydrogen-bond donors (Lipinski definition) is 2. The number of nitrogens with one attached hydrogen (secondary N) is 2. The fraction of sp³-hybridized carbons (Fsp3) is 0.375. The van der Waals surface area contributed by atoms with E-state index in [2.05, 4.69) is 39.8 Å². The lowest BCUT2D eigenvalue weighted by atomic mass is 10.1. The van der Waals surface area contributed by atoms with Gasteiger partial charge in [0.1, 0.15) is 0 Å². The first-order valence-electron chi connectivity index (χ1n) is 7.18. The van der Waals surface area contributed by atoms with Crippen LogP contribution in [0.3, 0.4) is 0 Å². The zero-order valence-electron chi connectivity index (χ0n) is 13.3. The van der Waals surface area contributed by atoms with Crippen molar-refractivity contribution in [3.63, 3.8) is 0 Å². The van der Waals surface area contributed by atoms with Crippen LogP contribution in [0.25, 0.3) is 0 Å². The predicted molar refractivity (Wildman–Crippen MR) is 102 cm³/mol. The zero-order chi connectivity index (χ0) is 15.1. The van der Waals surface area contributed by atoms with Crippen molar-refractivity contribution in [2.45, 2.75) is 19.4 Å². The standard InChI is InChI=1S/C16H23N5.HI/c1-13(15-7-5-4-6-8-15)20-16(17-2)18-10-9-14-11-19-21(3)12-14;/h4-8,11-13H,9-10H2,1-3H3,(H2,17,18,20);1H. The molecule has 0 fully saturated rings. The van der Waals surface area contributed by atoms with Gasteiger partial charge in [0.2, 0.25) is 0 Å². The van der Waals surface area contributed by atoms with Crippen LogP contribution in [0, 0.1) is 0 Å². The Hall–Kier alpha value is -1.57. The Balaban J connectivity index is 0.00000242. The molecular weight excluding hydrogens is 389 g/mol. The van der Waals surface area contributed by atoms with Gasteiger partial charge in [0, 0.05) is 26.8 Å². The van der Waals surface area contributed by atoms with Crippen molar-refractivity contribution in [3.05, 3.63) is 53.9 Å². The first kappa shape index (κ1) is 18.5. The molecule has 2 aromatic rings. The van der Waals surface area contributed by atoms with E-state index < -0.39 is 0 Å². The van der Waals surface area contributed by atoms with Gasteiger partial charge in [0.05, 0.1) is 12.2 Å². The Kier molecular flexibility index (Phi) is 7.94. The predicted octanol–water partition coefficient (Wildman–Crippen LogP) is 2.51. The van der Waals surface area contributed by atoms with Crippen LogP contribution in [0.1, 0.15) is 24.1 Å². The summed E-state index contributed by atoms with van der Waals surface area (Å²) in [6.07, 6.45) is 4.85. The minimum atomic E-state index is 0. The second-order valence-corrected chi connectivity index (χ2v) is 5.05. The molecule has 0 radical (unpaired) electrons. The van der Waals surface area contributed by atoms with E-state index in [1.165, 1.54) is 11.1 Å². The number of hydrogen-bond acceptors (Lipinski definition) is 2. The van der Waals surface area contributed by atoms with Gasteiger partial charge in [-0.25, -0.2) is 0 Å². The molecule has 1 unspecified atom stereocenters. The summed E-state index contributed by atoms with van der Waals surface area (Å²) >= 11 is 0. The van der Waals surface area contributed by atoms with Crippen molar-refractivity contribution in [3.8, 4) is 0 Å². The van der Waals surface area contributed by atoms with E-state index >= 15 is 0 Å². The van der Waals surface area contributed by atoms with Crippen LogP contribution in [0.2, 0.25) is 0 Å². The van der Waals surface area contributed by atoms with Crippen molar-refractivity contribution in [1.29, 1.82) is 0 Å². The number of halogens is 1. The molecule has 0 spiro atoms. The average Bonchev–Trinajstić information content (AvgIpc) is 2.92. The SMILES string of the molecule is CN=C(NCCc1cnn(C)c1)NC(C)c1ccccc1.I. The van der Waals surface area contributed by atoms with Gasteiger partial charge in [-0.1, -0.05) is 30.3 Å². The van der Waals surface area contributed by atoms with Crippen LogP contribution in [0.4, 0.5) is 0 Å². The second kappa shape index (κ2) is 9.45. The van der Waals surface area contributed by atoms with Crippen LogP contribution in [0.15, 0.2) is 47.7 Å². The quantitative estimate of drug-likeness (QED) is 0.450. The van der Waals surface area contributed by atoms with E-state index in [0.29, 0.717) is 0 Å². The smallest absolute Gasteiger partial charge is 0.191 e. The highest BCUT2D eigenvalue weighted by Crippen LogP contribution is 2.10. The van der Waals surface area contributed by atoms with Crippen LogP contribution in [-0.4, -0.2) is 29.3 Å². The maximum Gasteiger partial charge on any atom is 0.191 e. The molecule has 0 saturated carbocycles. The van der Waals surface area contributed by atoms with E-state index in [0.717, 1.165) is 18.9 Å². The van der Waals surface area contributed by atoms with Crippen molar-refractivity contribution in [2.24, 2.45) is 12.0 Å². The Morgan fingerprint density at radius 2 is 2.05 bits per heavy atom. The summed E-state index contributed by atoms with van der Waals surface area (Å²) in [5.41, 5.74) is 2.46. The third kappa shape index (κ3) is 5.67. The first-order chi connectivity index (χ1) is 10.2. The number of benzene rings is 1.